The molecule has 1 aromatic heterocycles. The summed E-state index contributed by atoms with van der Waals surface area (Å²) in [5, 5.41) is 5.77. The van der Waals surface area contributed by atoms with Gasteiger partial charge in [-0.1, -0.05) is 6.92 Å². The second-order valence-electron chi connectivity index (χ2n) is 4.35. The van der Waals surface area contributed by atoms with E-state index in [2.05, 4.69) is 31.0 Å². The SMILES string of the molecule is CCCNC(=O)CCNc1nc(NN)nc(N(C)C)n1. The van der Waals surface area contributed by atoms with Gasteiger partial charge in [0.05, 0.1) is 0 Å². The zero-order chi connectivity index (χ0) is 15.0. The monoisotopic (exact) mass is 282 g/mol. The summed E-state index contributed by atoms with van der Waals surface area (Å²) < 4.78 is 0. The van der Waals surface area contributed by atoms with Gasteiger partial charge in [-0.3, -0.25) is 10.2 Å². The molecule has 1 heterocycles. The minimum Gasteiger partial charge on any atom is -0.356 e. The molecule has 1 aromatic rings. The van der Waals surface area contributed by atoms with Gasteiger partial charge >= 0.3 is 0 Å². The first-order chi connectivity index (χ1) is 9.56. The lowest BCUT2D eigenvalue weighted by Crippen LogP contribution is -2.26. The first-order valence-electron chi connectivity index (χ1n) is 6.47. The molecular weight excluding hydrogens is 260 g/mol. The molecule has 112 valence electrons. The van der Waals surface area contributed by atoms with Crippen LogP contribution >= 0.6 is 0 Å². The molecule has 0 aliphatic rings. The normalized spacial score (nSPS) is 10.0. The minimum atomic E-state index is -0.00147. The molecule has 0 saturated heterocycles. The zero-order valence-electron chi connectivity index (χ0n) is 12.1. The van der Waals surface area contributed by atoms with Crippen molar-refractivity contribution in [1.29, 1.82) is 0 Å². The number of aromatic nitrogens is 3. The second-order valence-corrected chi connectivity index (χ2v) is 4.35. The molecule has 20 heavy (non-hydrogen) atoms. The van der Waals surface area contributed by atoms with E-state index in [9.17, 15) is 4.79 Å². The van der Waals surface area contributed by atoms with Crippen molar-refractivity contribution >= 4 is 23.8 Å². The van der Waals surface area contributed by atoms with Crippen LogP contribution in [0.2, 0.25) is 0 Å². The number of hydrogen-bond acceptors (Lipinski definition) is 8. The molecule has 0 aliphatic carbocycles. The van der Waals surface area contributed by atoms with Gasteiger partial charge in [0.2, 0.25) is 23.8 Å². The minimum absolute atomic E-state index is 0.00147. The topological polar surface area (TPSA) is 121 Å². The van der Waals surface area contributed by atoms with Crippen LogP contribution in [0.3, 0.4) is 0 Å². The molecule has 5 N–H and O–H groups in total. The van der Waals surface area contributed by atoms with E-state index in [-0.39, 0.29) is 11.9 Å². The molecule has 1 rings (SSSR count). The van der Waals surface area contributed by atoms with Crippen molar-refractivity contribution < 1.29 is 4.79 Å². The third kappa shape index (κ3) is 5.22. The summed E-state index contributed by atoms with van der Waals surface area (Å²) in [6.07, 6.45) is 1.28. The number of anilines is 3. The molecule has 0 aromatic carbocycles. The summed E-state index contributed by atoms with van der Waals surface area (Å²) in [6.45, 7) is 3.14. The summed E-state index contributed by atoms with van der Waals surface area (Å²) in [7, 11) is 3.63. The van der Waals surface area contributed by atoms with E-state index < -0.39 is 0 Å². The summed E-state index contributed by atoms with van der Waals surface area (Å²) >= 11 is 0. The highest BCUT2D eigenvalue weighted by Crippen LogP contribution is 2.10. The van der Waals surface area contributed by atoms with Gasteiger partial charge in [-0.15, -0.1) is 0 Å². The van der Waals surface area contributed by atoms with Crippen molar-refractivity contribution in [3.63, 3.8) is 0 Å². The Kier molecular flexibility index (Phi) is 6.44. The van der Waals surface area contributed by atoms with Crippen molar-refractivity contribution in [2.24, 2.45) is 5.84 Å². The summed E-state index contributed by atoms with van der Waals surface area (Å²) in [5.41, 5.74) is 2.38. The maximum Gasteiger partial charge on any atom is 0.243 e. The van der Waals surface area contributed by atoms with Gasteiger partial charge in [-0.25, -0.2) is 5.84 Å². The second kappa shape index (κ2) is 8.10. The largest absolute Gasteiger partial charge is 0.356 e. The lowest BCUT2D eigenvalue weighted by molar-refractivity contribution is -0.120. The van der Waals surface area contributed by atoms with Gasteiger partial charge in [0, 0.05) is 33.6 Å². The summed E-state index contributed by atoms with van der Waals surface area (Å²) in [6, 6.07) is 0. The van der Waals surface area contributed by atoms with Crippen LogP contribution in [-0.4, -0.2) is 48.0 Å². The van der Waals surface area contributed by atoms with Gasteiger partial charge in [0.25, 0.3) is 0 Å². The van der Waals surface area contributed by atoms with E-state index in [0.717, 1.165) is 6.42 Å². The van der Waals surface area contributed by atoms with E-state index in [1.165, 1.54) is 0 Å². The number of nitrogens with zero attached hydrogens (tertiary/aromatic N) is 4. The fraction of sp³-hybridized carbons (Fsp3) is 0.636. The number of nitrogens with one attached hydrogen (secondary N) is 3. The third-order valence-corrected chi connectivity index (χ3v) is 2.36. The van der Waals surface area contributed by atoms with Gasteiger partial charge in [0.15, 0.2) is 0 Å². The number of amides is 1. The van der Waals surface area contributed by atoms with Crippen LogP contribution in [-0.2, 0) is 4.79 Å². The van der Waals surface area contributed by atoms with Gasteiger partial charge in [-0.2, -0.15) is 15.0 Å². The highest BCUT2D eigenvalue weighted by atomic mass is 16.1. The van der Waals surface area contributed by atoms with Crippen molar-refractivity contribution in [2.75, 3.05) is 42.8 Å². The summed E-state index contributed by atoms with van der Waals surface area (Å²) in [4.78, 5) is 25.5. The molecule has 0 saturated carbocycles. The van der Waals surface area contributed by atoms with E-state index in [4.69, 9.17) is 5.84 Å². The standard InChI is InChI=1S/C11H22N8O/c1-4-6-13-8(20)5-7-14-9-15-10(18-12)17-11(16-9)19(2)3/h4-7,12H2,1-3H3,(H,13,20)(H2,14,15,16,17,18). The van der Waals surface area contributed by atoms with Crippen LogP contribution in [0.4, 0.5) is 17.8 Å². The number of hydrazine groups is 1. The Morgan fingerprint density at radius 1 is 1.20 bits per heavy atom. The lowest BCUT2D eigenvalue weighted by Gasteiger charge is -2.13. The zero-order valence-corrected chi connectivity index (χ0v) is 12.1. The Labute approximate surface area is 118 Å². The maximum atomic E-state index is 11.4. The van der Waals surface area contributed by atoms with Crippen LogP contribution in [0.15, 0.2) is 0 Å². The van der Waals surface area contributed by atoms with Crippen molar-refractivity contribution in [1.82, 2.24) is 20.3 Å². The average molecular weight is 282 g/mol. The fourth-order valence-electron chi connectivity index (χ4n) is 1.35. The number of rotatable bonds is 8. The van der Waals surface area contributed by atoms with Crippen LogP contribution < -0.4 is 26.8 Å². The molecule has 0 fully saturated rings. The number of nitrogen functional groups attached to an aromatic ring is 1. The number of hydrogen-bond donors (Lipinski definition) is 4. The van der Waals surface area contributed by atoms with Crippen LogP contribution in [0.1, 0.15) is 19.8 Å². The van der Waals surface area contributed by atoms with Gasteiger partial charge < -0.3 is 15.5 Å². The molecular formula is C11H22N8O. The fourth-order valence-corrected chi connectivity index (χ4v) is 1.35. The van der Waals surface area contributed by atoms with E-state index in [1.54, 1.807) is 4.90 Å². The molecule has 9 heteroatoms. The Morgan fingerprint density at radius 3 is 2.50 bits per heavy atom. The Hall–Kier alpha value is -2.16. The average Bonchev–Trinajstić information content (AvgIpc) is 2.44. The van der Waals surface area contributed by atoms with E-state index in [1.807, 2.05) is 21.0 Å². The Bertz CT molecular complexity index is 436. The Balaban J connectivity index is 2.54. The third-order valence-electron chi connectivity index (χ3n) is 2.36. The molecule has 1 amide bonds. The molecule has 0 unspecified atom stereocenters. The van der Waals surface area contributed by atoms with Crippen LogP contribution in [0.25, 0.3) is 0 Å². The Morgan fingerprint density at radius 2 is 1.90 bits per heavy atom. The van der Waals surface area contributed by atoms with E-state index >= 15 is 0 Å². The molecule has 0 bridgehead atoms. The van der Waals surface area contributed by atoms with Gasteiger partial charge in [-0.05, 0) is 6.42 Å². The molecule has 9 nitrogen and oxygen atoms in total. The quantitative estimate of drug-likeness (QED) is 0.374. The predicted molar refractivity (Wildman–Crippen MR) is 78.4 cm³/mol. The highest BCUT2D eigenvalue weighted by molar-refractivity contribution is 5.76. The number of nitrogens with two attached hydrogens (primary N) is 1. The maximum absolute atomic E-state index is 11.4. The predicted octanol–water partition coefficient (Wildman–Crippen LogP) is -0.449. The first kappa shape index (κ1) is 15.9. The molecule has 0 atom stereocenters. The molecule has 0 spiro atoms. The van der Waals surface area contributed by atoms with Crippen LogP contribution in [0, 0.1) is 0 Å². The number of carbonyl (C=O) groups is 1. The van der Waals surface area contributed by atoms with Crippen molar-refractivity contribution in [2.45, 2.75) is 19.8 Å². The first-order valence-corrected chi connectivity index (χ1v) is 6.47. The van der Waals surface area contributed by atoms with Crippen molar-refractivity contribution in [3.8, 4) is 0 Å². The smallest absolute Gasteiger partial charge is 0.243 e. The summed E-state index contributed by atoms with van der Waals surface area (Å²) in [5.74, 6) is 6.42. The lowest BCUT2D eigenvalue weighted by atomic mass is 10.4. The number of carbonyl (C=O) groups excluding carboxylic acids is 1. The van der Waals surface area contributed by atoms with Gasteiger partial charge in [0.1, 0.15) is 0 Å². The highest BCUT2D eigenvalue weighted by Gasteiger charge is 2.07. The van der Waals surface area contributed by atoms with Crippen molar-refractivity contribution in [3.05, 3.63) is 0 Å². The van der Waals surface area contributed by atoms with Crippen LogP contribution in [0.5, 0.6) is 0 Å². The van der Waals surface area contributed by atoms with E-state index in [0.29, 0.717) is 31.4 Å². The molecule has 0 radical (unpaired) electrons. The molecule has 0 aliphatic heterocycles.